The van der Waals surface area contributed by atoms with Crippen LogP contribution in [0.5, 0.6) is 6.01 Å². The number of benzene rings is 2. The average molecular weight is 629 g/mol. The van der Waals surface area contributed by atoms with E-state index in [9.17, 15) is 14.0 Å². The zero-order valence-corrected chi connectivity index (χ0v) is 24.7. The van der Waals surface area contributed by atoms with E-state index in [1.165, 1.54) is 12.1 Å². The molecule has 224 valence electrons. The van der Waals surface area contributed by atoms with Gasteiger partial charge in [-0.05, 0) is 43.5 Å². The first-order valence-corrected chi connectivity index (χ1v) is 15.4. The lowest BCUT2D eigenvalue weighted by Crippen LogP contribution is -2.43. The molecule has 0 saturated carbocycles. The lowest BCUT2D eigenvalue weighted by molar-refractivity contribution is 0.107. The fourth-order valence-electron chi connectivity index (χ4n) is 6.83. The normalized spacial score (nSPS) is 22.7. The first-order chi connectivity index (χ1) is 20.8. The van der Waals surface area contributed by atoms with Crippen LogP contribution in [0.4, 0.5) is 24.0 Å². The molecule has 3 fully saturated rings. The number of anilines is 2. The summed E-state index contributed by atoms with van der Waals surface area (Å²) in [6.45, 7) is 3.57. The number of hydrogen-bond acceptors (Lipinski definition) is 9. The summed E-state index contributed by atoms with van der Waals surface area (Å²) in [5.74, 6) is -0.870. The maximum absolute atomic E-state index is 16.8. The summed E-state index contributed by atoms with van der Waals surface area (Å²) in [5, 5.41) is 10.6. The summed E-state index contributed by atoms with van der Waals surface area (Å²) < 4.78 is 57.9. The van der Waals surface area contributed by atoms with Crippen LogP contribution in [0.1, 0.15) is 31.2 Å². The van der Waals surface area contributed by atoms with E-state index in [0.717, 1.165) is 37.1 Å². The maximum atomic E-state index is 16.8. The average Bonchev–Trinajstić information content (AvgIpc) is 3.53. The molecule has 2 aromatic carbocycles. The van der Waals surface area contributed by atoms with Crippen LogP contribution in [0.3, 0.4) is 0 Å². The molecule has 3 aliphatic heterocycles. The Hall–Kier alpha value is -3.37. The van der Waals surface area contributed by atoms with E-state index in [1.54, 1.807) is 6.07 Å². The number of thiophene rings is 1. The van der Waals surface area contributed by atoms with Crippen LogP contribution in [0.15, 0.2) is 18.2 Å². The third-order valence-electron chi connectivity index (χ3n) is 8.79. The number of ether oxygens (including phenoxy) is 2. The monoisotopic (exact) mass is 628 g/mol. The van der Waals surface area contributed by atoms with Gasteiger partial charge in [0.15, 0.2) is 5.82 Å². The van der Waals surface area contributed by atoms with Crippen molar-refractivity contribution in [3.8, 4) is 23.2 Å². The fraction of sp³-hybridized carbons (Fsp3) is 0.433. The van der Waals surface area contributed by atoms with Crippen molar-refractivity contribution < 1.29 is 22.6 Å². The van der Waals surface area contributed by atoms with Gasteiger partial charge in [0.25, 0.3) is 0 Å². The molecular weight excluding hydrogens is 601 g/mol. The number of rotatable bonds is 5. The first-order valence-electron chi connectivity index (χ1n) is 14.2. The molecule has 5 heterocycles. The second-order valence-corrected chi connectivity index (χ2v) is 12.8. The second-order valence-electron chi connectivity index (χ2n) is 11.3. The maximum Gasteiger partial charge on any atom is 0.319 e. The minimum atomic E-state index is -0.923. The molecule has 0 aliphatic carbocycles. The summed E-state index contributed by atoms with van der Waals surface area (Å²) in [4.78, 5) is 13.4. The predicted molar refractivity (Wildman–Crippen MR) is 161 cm³/mol. The van der Waals surface area contributed by atoms with Crippen LogP contribution in [-0.2, 0) is 4.74 Å². The smallest absolute Gasteiger partial charge is 0.319 e. The van der Waals surface area contributed by atoms with Crippen LogP contribution >= 0.6 is 22.9 Å². The van der Waals surface area contributed by atoms with Crippen molar-refractivity contribution in [2.75, 3.05) is 56.6 Å². The molecule has 13 heteroatoms. The fourth-order valence-corrected chi connectivity index (χ4v) is 8.07. The molecule has 0 unspecified atom stereocenters. The molecule has 8 nitrogen and oxygen atoms in total. The van der Waals surface area contributed by atoms with Gasteiger partial charge in [-0.1, -0.05) is 17.7 Å². The highest BCUT2D eigenvalue weighted by molar-refractivity contribution is 7.23. The van der Waals surface area contributed by atoms with Gasteiger partial charge in [-0.25, -0.2) is 13.2 Å². The third kappa shape index (κ3) is 4.73. The van der Waals surface area contributed by atoms with Gasteiger partial charge in [0.1, 0.15) is 41.0 Å². The topological polar surface area (TPSA) is 101 Å². The Labute approximate surface area is 254 Å². The van der Waals surface area contributed by atoms with Gasteiger partial charge in [-0.2, -0.15) is 15.2 Å². The van der Waals surface area contributed by atoms with Gasteiger partial charge >= 0.3 is 6.01 Å². The Bertz CT molecular complexity index is 1790. The van der Waals surface area contributed by atoms with Crippen molar-refractivity contribution in [2.24, 2.45) is 0 Å². The highest BCUT2D eigenvalue weighted by Gasteiger charge is 2.49. The molecule has 0 radical (unpaired) electrons. The number of alkyl halides is 1. The van der Waals surface area contributed by atoms with Crippen LogP contribution in [0.25, 0.3) is 32.1 Å². The first kappa shape index (κ1) is 28.4. The number of nitrogen functional groups attached to an aromatic ring is 1. The van der Waals surface area contributed by atoms with Gasteiger partial charge in [0, 0.05) is 49.0 Å². The molecule has 43 heavy (non-hydrogen) atoms. The number of halogens is 4. The molecule has 2 atom stereocenters. The minimum Gasteiger partial charge on any atom is -0.461 e. The highest BCUT2D eigenvalue weighted by atomic mass is 35.5. The Morgan fingerprint density at radius 1 is 1.21 bits per heavy atom. The van der Waals surface area contributed by atoms with E-state index in [4.69, 9.17) is 31.8 Å². The third-order valence-corrected chi connectivity index (χ3v) is 10.1. The molecule has 4 aromatic rings. The summed E-state index contributed by atoms with van der Waals surface area (Å²) in [7, 11) is 0. The van der Waals surface area contributed by atoms with E-state index in [0.29, 0.717) is 50.5 Å². The van der Waals surface area contributed by atoms with E-state index in [-0.39, 0.29) is 54.9 Å². The van der Waals surface area contributed by atoms with Crippen LogP contribution in [0.2, 0.25) is 5.02 Å². The van der Waals surface area contributed by atoms with Crippen molar-refractivity contribution in [2.45, 2.75) is 37.4 Å². The van der Waals surface area contributed by atoms with Gasteiger partial charge in [-0.3, -0.25) is 4.90 Å². The number of nitriles is 1. The van der Waals surface area contributed by atoms with E-state index < -0.39 is 23.3 Å². The van der Waals surface area contributed by atoms with Crippen molar-refractivity contribution in [3.05, 3.63) is 40.4 Å². The number of fused-ring (bicyclic) bond motifs is 3. The number of nitrogens with two attached hydrogens (primary N) is 1. The van der Waals surface area contributed by atoms with Gasteiger partial charge in [0.2, 0.25) is 0 Å². The minimum absolute atomic E-state index is 0.0230. The van der Waals surface area contributed by atoms with Crippen LogP contribution < -0.4 is 15.4 Å². The number of aromatic nitrogens is 2. The quantitative estimate of drug-likeness (QED) is 0.284. The summed E-state index contributed by atoms with van der Waals surface area (Å²) in [5.41, 5.74) is 5.83. The van der Waals surface area contributed by atoms with Gasteiger partial charge in [0.05, 0.1) is 27.4 Å². The Morgan fingerprint density at radius 3 is 2.91 bits per heavy atom. The van der Waals surface area contributed by atoms with Gasteiger partial charge < -0.3 is 20.1 Å². The van der Waals surface area contributed by atoms with E-state index in [1.807, 2.05) is 11.0 Å². The van der Waals surface area contributed by atoms with Crippen molar-refractivity contribution >= 4 is 54.7 Å². The molecule has 0 spiro atoms. The van der Waals surface area contributed by atoms with Crippen molar-refractivity contribution in [3.63, 3.8) is 0 Å². The molecule has 7 rings (SSSR count). The largest absolute Gasteiger partial charge is 0.461 e. The number of nitrogens with zero attached hydrogens (tertiary/aromatic N) is 5. The van der Waals surface area contributed by atoms with Gasteiger partial charge in [-0.15, -0.1) is 11.3 Å². The summed E-state index contributed by atoms with van der Waals surface area (Å²) in [6.07, 6.45) is 1.95. The molecule has 3 saturated heterocycles. The molecule has 3 aliphatic rings. The Kier molecular flexibility index (Phi) is 7.24. The zero-order valence-electron chi connectivity index (χ0n) is 23.1. The van der Waals surface area contributed by atoms with Crippen molar-refractivity contribution in [1.29, 1.82) is 5.26 Å². The Balaban J connectivity index is 1.39. The molecule has 2 aromatic heterocycles. The summed E-state index contributed by atoms with van der Waals surface area (Å²) >= 11 is 7.70. The van der Waals surface area contributed by atoms with Crippen LogP contribution in [-0.4, -0.2) is 72.6 Å². The standard InChI is InChI=1S/C30H28ClF3N6O2S/c31-20-11-18-25(24(34)23(20)17-3-4-21(33)26-22(17)19(13-35)27(36)43-26)37-29(38-28(18)39-6-2-9-41-10-8-39)42-15-30-5-1-7-40(30)14-16(32)12-30/h3-4,11,16H,1-2,5-10,12,14-15,36H2/t16-,30+/m1/s1. The lowest BCUT2D eigenvalue weighted by atomic mass is 9.95. The molecule has 0 bridgehead atoms. The predicted octanol–water partition coefficient (Wildman–Crippen LogP) is 6.08. The van der Waals surface area contributed by atoms with Crippen LogP contribution in [0, 0.1) is 23.0 Å². The van der Waals surface area contributed by atoms with Crippen molar-refractivity contribution in [1.82, 2.24) is 14.9 Å². The van der Waals surface area contributed by atoms with E-state index >= 15 is 4.39 Å². The molecule has 2 N–H and O–H groups in total. The molecular formula is C30H28ClF3N6O2S. The summed E-state index contributed by atoms with van der Waals surface area (Å²) in [6, 6.07) is 6.20. The lowest BCUT2D eigenvalue weighted by Gasteiger charge is -2.31. The second kappa shape index (κ2) is 11.0. The SMILES string of the molecule is N#Cc1c(N)sc2c(F)ccc(-c3c(Cl)cc4c(N5CCCOCC5)nc(OC[C@@]56CCCN5C[C@H](F)C6)nc4c3F)c12. The van der Waals surface area contributed by atoms with E-state index in [2.05, 4.69) is 9.88 Å². The Morgan fingerprint density at radius 2 is 2.07 bits per heavy atom. The zero-order chi connectivity index (χ0) is 29.9. The highest BCUT2D eigenvalue weighted by Crippen LogP contribution is 2.46. The number of hydrogen-bond donors (Lipinski definition) is 1. The molecule has 0 amide bonds.